The Hall–Kier alpha value is -3.02. The lowest BCUT2D eigenvalue weighted by molar-refractivity contribution is -0.115. The molecule has 6 nitrogen and oxygen atoms in total. The predicted octanol–water partition coefficient (Wildman–Crippen LogP) is 1.98. The van der Waals surface area contributed by atoms with Crippen LogP contribution < -0.4 is 5.32 Å². The standard InChI is InChI=1S/C15H13NO5/c17-12-4-2-1-3-9(12)7-14(19)16-10-5-6-13(18)11(8-10)15(20)21/h1-6,8,17-18H,7H2,(H,16,19)(H,20,21). The van der Waals surface area contributed by atoms with E-state index in [1.807, 2.05) is 0 Å². The summed E-state index contributed by atoms with van der Waals surface area (Å²) in [4.78, 5) is 22.8. The van der Waals surface area contributed by atoms with Crippen molar-refractivity contribution in [3.05, 3.63) is 53.6 Å². The molecule has 0 unspecified atom stereocenters. The second kappa shape index (κ2) is 5.96. The molecule has 108 valence electrons. The van der Waals surface area contributed by atoms with Crippen molar-refractivity contribution in [3.8, 4) is 11.5 Å². The zero-order valence-electron chi connectivity index (χ0n) is 10.9. The van der Waals surface area contributed by atoms with Crippen molar-refractivity contribution in [1.82, 2.24) is 0 Å². The minimum Gasteiger partial charge on any atom is -0.508 e. The highest BCUT2D eigenvalue weighted by Gasteiger charge is 2.12. The summed E-state index contributed by atoms with van der Waals surface area (Å²) in [7, 11) is 0. The van der Waals surface area contributed by atoms with Crippen molar-refractivity contribution in [1.29, 1.82) is 0 Å². The van der Waals surface area contributed by atoms with Gasteiger partial charge in [-0.15, -0.1) is 0 Å². The van der Waals surface area contributed by atoms with Gasteiger partial charge in [-0.1, -0.05) is 18.2 Å². The summed E-state index contributed by atoms with van der Waals surface area (Å²) < 4.78 is 0. The molecule has 0 aliphatic carbocycles. The number of carboxylic acids is 1. The maximum Gasteiger partial charge on any atom is 0.339 e. The number of benzene rings is 2. The Labute approximate surface area is 120 Å². The average molecular weight is 287 g/mol. The number of anilines is 1. The van der Waals surface area contributed by atoms with E-state index < -0.39 is 11.9 Å². The van der Waals surface area contributed by atoms with Crippen molar-refractivity contribution >= 4 is 17.6 Å². The van der Waals surface area contributed by atoms with E-state index in [0.717, 1.165) is 0 Å². The molecule has 2 rings (SSSR count). The molecule has 0 heterocycles. The van der Waals surface area contributed by atoms with Crippen LogP contribution in [0.3, 0.4) is 0 Å². The Kier molecular flexibility index (Phi) is 4.08. The molecule has 0 saturated heterocycles. The van der Waals surface area contributed by atoms with Crippen LogP contribution in [0.2, 0.25) is 0 Å². The van der Waals surface area contributed by atoms with Crippen molar-refractivity contribution in [3.63, 3.8) is 0 Å². The summed E-state index contributed by atoms with van der Waals surface area (Å²) in [6.45, 7) is 0. The summed E-state index contributed by atoms with van der Waals surface area (Å²) in [6, 6.07) is 10.2. The van der Waals surface area contributed by atoms with Gasteiger partial charge in [0.1, 0.15) is 17.1 Å². The van der Waals surface area contributed by atoms with Crippen LogP contribution in [0.1, 0.15) is 15.9 Å². The lowest BCUT2D eigenvalue weighted by atomic mass is 10.1. The fraction of sp³-hybridized carbons (Fsp3) is 0.0667. The maximum atomic E-state index is 11.9. The first-order chi connectivity index (χ1) is 9.97. The number of carbonyl (C=O) groups is 2. The molecule has 6 heteroatoms. The lowest BCUT2D eigenvalue weighted by Crippen LogP contribution is -2.14. The Bertz CT molecular complexity index is 696. The highest BCUT2D eigenvalue weighted by atomic mass is 16.4. The number of phenolic OH excluding ortho intramolecular Hbond substituents is 1. The molecule has 0 radical (unpaired) electrons. The van der Waals surface area contributed by atoms with E-state index >= 15 is 0 Å². The molecular formula is C15H13NO5. The van der Waals surface area contributed by atoms with E-state index in [-0.39, 0.29) is 29.2 Å². The van der Waals surface area contributed by atoms with Gasteiger partial charge in [-0.05, 0) is 24.3 Å². The first kappa shape index (κ1) is 14.4. The van der Waals surface area contributed by atoms with Gasteiger partial charge in [0.15, 0.2) is 0 Å². The molecule has 0 saturated carbocycles. The zero-order chi connectivity index (χ0) is 15.4. The number of aromatic carboxylic acids is 1. The van der Waals surface area contributed by atoms with Crippen LogP contribution in [0, 0.1) is 0 Å². The maximum absolute atomic E-state index is 11.9. The van der Waals surface area contributed by atoms with Gasteiger partial charge in [-0.25, -0.2) is 4.79 Å². The fourth-order valence-corrected chi connectivity index (χ4v) is 1.82. The summed E-state index contributed by atoms with van der Waals surface area (Å²) in [5.74, 6) is -2.05. The largest absolute Gasteiger partial charge is 0.508 e. The van der Waals surface area contributed by atoms with E-state index in [9.17, 15) is 19.8 Å². The second-order valence-electron chi connectivity index (χ2n) is 4.39. The monoisotopic (exact) mass is 287 g/mol. The van der Waals surface area contributed by atoms with E-state index in [0.29, 0.717) is 5.56 Å². The summed E-state index contributed by atoms with van der Waals surface area (Å²) in [5, 5.41) is 30.4. The molecule has 0 atom stereocenters. The van der Waals surface area contributed by atoms with Crippen LogP contribution in [-0.2, 0) is 11.2 Å². The number of rotatable bonds is 4. The number of para-hydroxylation sites is 1. The molecule has 2 aromatic rings. The van der Waals surface area contributed by atoms with E-state index in [4.69, 9.17) is 5.11 Å². The van der Waals surface area contributed by atoms with Gasteiger partial charge in [0.25, 0.3) is 0 Å². The third-order valence-corrected chi connectivity index (χ3v) is 2.85. The third kappa shape index (κ3) is 3.50. The molecular weight excluding hydrogens is 274 g/mol. The van der Waals surface area contributed by atoms with Crippen LogP contribution in [0.25, 0.3) is 0 Å². The first-order valence-corrected chi connectivity index (χ1v) is 6.10. The van der Waals surface area contributed by atoms with Crippen LogP contribution in [-0.4, -0.2) is 27.2 Å². The predicted molar refractivity (Wildman–Crippen MR) is 75.5 cm³/mol. The third-order valence-electron chi connectivity index (χ3n) is 2.85. The number of nitrogens with one attached hydrogen (secondary N) is 1. The molecule has 0 aromatic heterocycles. The van der Waals surface area contributed by atoms with Gasteiger partial charge in [0, 0.05) is 11.3 Å². The molecule has 2 aromatic carbocycles. The summed E-state index contributed by atoms with van der Waals surface area (Å²) in [6.07, 6.45) is -0.0457. The molecule has 0 fully saturated rings. The number of phenols is 2. The number of carbonyl (C=O) groups excluding carboxylic acids is 1. The lowest BCUT2D eigenvalue weighted by Gasteiger charge is -2.08. The molecule has 0 spiro atoms. The van der Waals surface area contributed by atoms with Crippen molar-refractivity contribution in [2.45, 2.75) is 6.42 Å². The Morgan fingerprint density at radius 3 is 2.38 bits per heavy atom. The Morgan fingerprint density at radius 1 is 1.00 bits per heavy atom. The average Bonchev–Trinajstić information content (AvgIpc) is 2.43. The van der Waals surface area contributed by atoms with Crippen molar-refractivity contribution in [2.75, 3.05) is 5.32 Å². The number of aromatic hydroxyl groups is 2. The fourth-order valence-electron chi connectivity index (χ4n) is 1.82. The molecule has 0 aliphatic rings. The summed E-state index contributed by atoms with van der Waals surface area (Å²) in [5.41, 5.74) is 0.424. The number of hydrogen-bond donors (Lipinski definition) is 4. The normalized spacial score (nSPS) is 10.1. The van der Waals surface area contributed by atoms with E-state index in [1.54, 1.807) is 18.2 Å². The molecule has 21 heavy (non-hydrogen) atoms. The Morgan fingerprint density at radius 2 is 1.71 bits per heavy atom. The molecule has 0 bridgehead atoms. The zero-order valence-corrected chi connectivity index (χ0v) is 10.9. The summed E-state index contributed by atoms with van der Waals surface area (Å²) >= 11 is 0. The van der Waals surface area contributed by atoms with Crippen molar-refractivity contribution in [2.24, 2.45) is 0 Å². The topological polar surface area (TPSA) is 107 Å². The number of amides is 1. The quantitative estimate of drug-likeness (QED) is 0.643. The van der Waals surface area contributed by atoms with Gasteiger partial charge >= 0.3 is 5.97 Å². The first-order valence-electron chi connectivity index (χ1n) is 6.10. The van der Waals surface area contributed by atoms with Crippen molar-refractivity contribution < 1.29 is 24.9 Å². The molecule has 0 aliphatic heterocycles. The van der Waals surface area contributed by atoms with Gasteiger partial charge in [-0.2, -0.15) is 0 Å². The minimum absolute atomic E-state index is 0.0181. The molecule has 4 N–H and O–H groups in total. The van der Waals surface area contributed by atoms with Crippen LogP contribution in [0.15, 0.2) is 42.5 Å². The van der Waals surface area contributed by atoms with Gasteiger partial charge in [0.05, 0.1) is 6.42 Å². The number of carboxylic acid groups (broad SMARTS) is 1. The second-order valence-corrected chi connectivity index (χ2v) is 4.39. The Balaban J connectivity index is 2.12. The van der Waals surface area contributed by atoms with Gasteiger partial charge < -0.3 is 20.6 Å². The minimum atomic E-state index is -1.29. The SMILES string of the molecule is O=C(Cc1ccccc1O)Nc1ccc(O)c(C(=O)O)c1. The highest BCUT2D eigenvalue weighted by molar-refractivity contribution is 5.96. The van der Waals surface area contributed by atoms with Crippen LogP contribution in [0.5, 0.6) is 11.5 Å². The van der Waals surface area contributed by atoms with Gasteiger partial charge in [0.2, 0.25) is 5.91 Å². The van der Waals surface area contributed by atoms with Crippen LogP contribution >= 0.6 is 0 Å². The smallest absolute Gasteiger partial charge is 0.339 e. The van der Waals surface area contributed by atoms with Gasteiger partial charge in [-0.3, -0.25) is 4.79 Å². The molecule has 1 amide bonds. The van der Waals surface area contributed by atoms with E-state index in [1.165, 1.54) is 24.3 Å². The van der Waals surface area contributed by atoms with Crippen LogP contribution in [0.4, 0.5) is 5.69 Å². The van der Waals surface area contributed by atoms with E-state index in [2.05, 4.69) is 5.32 Å². The highest BCUT2D eigenvalue weighted by Crippen LogP contribution is 2.22. The number of hydrogen-bond acceptors (Lipinski definition) is 4.